The molecule has 0 amide bonds. The predicted octanol–water partition coefficient (Wildman–Crippen LogP) is 2.69. The molecule has 0 saturated heterocycles. The van der Waals surface area contributed by atoms with Crippen LogP contribution in [-0.4, -0.2) is 16.8 Å². The van der Waals surface area contributed by atoms with Crippen LogP contribution in [0.15, 0.2) is 0 Å². The van der Waals surface area contributed by atoms with E-state index in [2.05, 4.69) is 33.4 Å². The van der Waals surface area contributed by atoms with Gasteiger partial charge in [0.25, 0.3) is 0 Å². The molecule has 0 saturated carbocycles. The van der Waals surface area contributed by atoms with E-state index in [1.807, 2.05) is 11.8 Å². The van der Waals surface area contributed by atoms with Gasteiger partial charge in [-0.3, -0.25) is 0 Å². The van der Waals surface area contributed by atoms with E-state index < -0.39 is 0 Å². The quantitative estimate of drug-likeness (QED) is 0.623. The molecule has 0 rings (SSSR count). The molecule has 0 heterocycles. The van der Waals surface area contributed by atoms with Gasteiger partial charge in [0.15, 0.2) is 0 Å². The zero-order valence-electron chi connectivity index (χ0n) is 6.42. The van der Waals surface area contributed by atoms with Crippen LogP contribution in [-0.2, 0) is 0 Å². The van der Waals surface area contributed by atoms with Crippen LogP contribution >= 0.6 is 24.4 Å². The Morgan fingerprint density at radius 3 is 2.22 bits per heavy atom. The third-order valence-electron chi connectivity index (χ3n) is 1.03. The van der Waals surface area contributed by atoms with Crippen LogP contribution in [0.4, 0.5) is 0 Å². The van der Waals surface area contributed by atoms with Gasteiger partial charge in [0.2, 0.25) is 0 Å². The normalized spacial score (nSPS) is 14.3. The fourth-order valence-corrected chi connectivity index (χ4v) is 1.54. The summed E-state index contributed by atoms with van der Waals surface area (Å²) in [5.74, 6) is 3.03. The Kier molecular flexibility index (Phi) is 5.91. The van der Waals surface area contributed by atoms with Crippen molar-refractivity contribution in [1.82, 2.24) is 0 Å². The SMILES string of the molecule is CC(CS)CSC(C)C. The number of hydrogen-bond acceptors (Lipinski definition) is 2. The number of hydrogen-bond donors (Lipinski definition) is 1. The van der Waals surface area contributed by atoms with E-state index in [0.717, 1.165) is 16.9 Å². The topological polar surface area (TPSA) is 0 Å². The molecule has 0 aliphatic rings. The van der Waals surface area contributed by atoms with Crippen molar-refractivity contribution in [2.75, 3.05) is 11.5 Å². The Labute approximate surface area is 68.2 Å². The fourth-order valence-electron chi connectivity index (χ4n) is 0.409. The highest BCUT2D eigenvalue weighted by atomic mass is 32.2. The average Bonchev–Trinajstić information content (AvgIpc) is 1.83. The molecule has 0 bridgehead atoms. The maximum atomic E-state index is 4.20. The van der Waals surface area contributed by atoms with Gasteiger partial charge in [-0.1, -0.05) is 20.8 Å². The van der Waals surface area contributed by atoms with Gasteiger partial charge in [-0.15, -0.1) is 0 Å². The fraction of sp³-hybridized carbons (Fsp3) is 1.00. The molecule has 56 valence electrons. The minimum Gasteiger partial charge on any atom is -0.179 e. The molecule has 0 N–H and O–H groups in total. The van der Waals surface area contributed by atoms with Gasteiger partial charge < -0.3 is 0 Å². The van der Waals surface area contributed by atoms with Gasteiger partial charge in [0, 0.05) is 0 Å². The second kappa shape index (κ2) is 5.48. The summed E-state index contributed by atoms with van der Waals surface area (Å²) >= 11 is 6.22. The zero-order chi connectivity index (χ0) is 7.28. The van der Waals surface area contributed by atoms with Crippen molar-refractivity contribution in [1.29, 1.82) is 0 Å². The average molecular weight is 164 g/mol. The summed E-state index contributed by atoms with van der Waals surface area (Å²) in [4.78, 5) is 0. The molecule has 0 aromatic carbocycles. The highest BCUT2D eigenvalue weighted by Crippen LogP contribution is 2.14. The summed E-state index contributed by atoms with van der Waals surface area (Å²) in [6.45, 7) is 6.70. The maximum absolute atomic E-state index is 4.20. The summed E-state index contributed by atoms with van der Waals surface area (Å²) in [7, 11) is 0. The smallest absolute Gasteiger partial charge is 0.000958 e. The van der Waals surface area contributed by atoms with Crippen LogP contribution < -0.4 is 0 Å². The zero-order valence-corrected chi connectivity index (χ0v) is 8.14. The minimum absolute atomic E-state index is 0.765. The molecule has 0 aliphatic carbocycles. The Morgan fingerprint density at radius 2 is 1.89 bits per heavy atom. The molecule has 0 fully saturated rings. The van der Waals surface area contributed by atoms with Gasteiger partial charge >= 0.3 is 0 Å². The summed E-state index contributed by atoms with van der Waals surface area (Å²) in [5.41, 5.74) is 0. The van der Waals surface area contributed by atoms with Crippen molar-refractivity contribution in [2.24, 2.45) is 5.92 Å². The van der Waals surface area contributed by atoms with Crippen molar-refractivity contribution in [3.63, 3.8) is 0 Å². The predicted molar refractivity (Wildman–Crippen MR) is 50.6 cm³/mol. The van der Waals surface area contributed by atoms with E-state index in [4.69, 9.17) is 0 Å². The third kappa shape index (κ3) is 6.59. The van der Waals surface area contributed by atoms with Gasteiger partial charge in [0.05, 0.1) is 0 Å². The first-order valence-corrected chi connectivity index (χ1v) is 5.07. The maximum Gasteiger partial charge on any atom is -0.000958 e. The van der Waals surface area contributed by atoms with Gasteiger partial charge in [-0.2, -0.15) is 24.4 Å². The molecule has 0 aromatic heterocycles. The minimum atomic E-state index is 0.765. The summed E-state index contributed by atoms with van der Waals surface area (Å²) in [5, 5.41) is 0.771. The van der Waals surface area contributed by atoms with E-state index in [0.29, 0.717) is 0 Å². The van der Waals surface area contributed by atoms with Crippen molar-refractivity contribution in [3.05, 3.63) is 0 Å². The largest absolute Gasteiger partial charge is 0.179 e. The van der Waals surface area contributed by atoms with Gasteiger partial charge in [0.1, 0.15) is 0 Å². The standard InChI is InChI=1S/C7H16S2/c1-6(2)9-5-7(3)4-8/h6-8H,4-5H2,1-3H3. The Morgan fingerprint density at radius 1 is 1.33 bits per heavy atom. The van der Waals surface area contributed by atoms with Gasteiger partial charge in [-0.25, -0.2) is 0 Å². The molecule has 0 aliphatic heterocycles. The number of thiol groups is 1. The molecule has 1 unspecified atom stereocenters. The Hall–Kier alpha value is 0.700. The summed E-state index contributed by atoms with van der Waals surface area (Å²) in [6, 6.07) is 0. The van der Waals surface area contributed by atoms with E-state index in [1.165, 1.54) is 5.75 Å². The van der Waals surface area contributed by atoms with Gasteiger partial charge in [-0.05, 0) is 22.7 Å². The highest BCUT2D eigenvalue weighted by molar-refractivity contribution is 7.99. The van der Waals surface area contributed by atoms with Crippen LogP contribution in [0.5, 0.6) is 0 Å². The van der Waals surface area contributed by atoms with E-state index >= 15 is 0 Å². The van der Waals surface area contributed by atoms with Crippen LogP contribution in [0.1, 0.15) is 20.8 Å². The molecule has 1 atom stereocenters. The first kappa shape index (κ1) is 9.70. The van der Waals surface area contributed by atoms with Crippen molar-refractivity contribution < 1.29 is 0 Å². The summed E-state index contributed by atoms with van der Waals surface area (Å²) < 4.78 is 0. The lowest BCUT2D eigenvalue weighted by atomic mass is 10.3. The molecular formula is C7H16S2. The Balaban J connectivity index is 3.06. The highest BCUT2D eigenvalue weighted by Gasteiger charge is 2.00. The van der Waals surface area contributed by atoms with Crippen molar-refractivity contribution >= 4 is 24.4 Å². The Bertz CT molecular complexity index is 61.9. The van der Waals surface area contributed by atoms with E-state index in [1.54, 1.807) is 0 Å². The lowest BCUT2D eigenvalue weighted by Gasteiger charge is -2.08. The van der Waals surface area contributed by atoms with Crippen molar-refractivity contribution in [2.45, 2.75) is 26.0 Å². The lowest BCUT2D eigenvalue weighted by molar-refractivity contribution is 0.764. The molecule has 0 nitrogen and oxygen atoms in total. The molecular weight excluding hydrogens is 148 g/mol. The lowest BCUT2D eigenvalue weighted by Crippen LogP contribution is -2.02. The summed E-state index contributed by atoms with van der Waals surface area (Å²) in [6.07, 6.45) is 0. The number of thioether (sulfide) groups is 1. The van der Waals surface area contributed by atoms with Crippen LogP contribution in [0.2, 0.25) is 0 Å². The molecule has 0 radical (unpaired) electrons. The molecule has 2 heteroatoms. The monoisotopic (exact) mass is 164 g/mol. The van der Waals surface area contributed by atoms with Crippen molar-refractivity contribution in [3.8, 4) is 0 Å². The van der Waals surface area contributed by atoms with E-state index in [9.17, 15) is 0 Å². The second-order valence-electron chi connectivity index (χ2n) is 2.67. The second-order valence-corrected chi connectivity index (χ2v) is 4.64. The molecule has 0 spiro atoms. The third-order valence-corrected chi connectivity index (χ3v) is 3.08. The van der Waals surface area contributed by atoms with E-state index in [-0.39, 0.29) is 0 Å². The van der Waals surface area contributed by atoms with Crippen LogP contribution in [0.3, 0.4) is 0 Å². The molecule has 0 aromatic rings. The van der Waals surface area contributed by atoms with Crippen LogP contribution in [0, 0.1) is 5.92 Å². The molecule has 9 heavy (non-hydrogen) atoms. The van der Waals surface area contributed by atoms with Crippen LogP contribution in [0.25, 0.3) is 0 Å². The first-order valence-electron chi connectivity index (χ1n) is 3.39. The first-order chi connectivity index (χ1) is 4.16. The number of rotatable bonds is 4.